The standard InChI is InChI=1S/C29H47N9O5/c1-3-17(2)24(27(41)37-23(28(42)43)15-18-16-35-21-11-5-4-9-19(18)21)38-26(40)22(12-8-14-34-29(32)33)36-25(39)20(31)10-6-7-13-30/h4-5,9,11,16-17,20,22-24,35H,3,6-8,10,12-15,30-31H2,1-2H3,(H,36,39)(H,37,41)(H,38,40)(H,42,43)(H4,32,33,34). The van der Waals surface area contributed by atoms with Crippen LogP contribution < -0.4 is 38.9 Å². The molecule has 5 atom stereocenters. The van der Waals surface area contributed by atoms with Crippen LogP contribution in [-0.4, -0.2) is 77.0 Å². The van der Waals surface area contributed by atoms with Gasteiger partial charge in [-0.1, -0.05) is 44.9 Å². The van der Waals surface area contributed by atoms with Crippen molar-refractivity contribution in [3.8, 4) is 0 Å². The minimum absolute atomic E-state index is 0.0395. The minimum Gasteiger partial charge on any atom is -0.480 e. The number of unbranched alkanes of at least 4 members (excludes halogenated alkanes) is 1. The predicted octanol–water partition coefficient (Wildman–Crippen LogP) is -0.195. The van der Waals surface area contributed by atoms with Gasteiger partial charge < -0.3 is 49.0 Å². The number of fused-ring (bicyclic) bond motifs is 1. The zero-order chi connectivity index (χ0) is 31.9. The number of hydrogen-bond donors (Lipinski definition) is 9. The Morgan fingerprint density at radius 1 is 0.953 bits per heavy atom. The van der Waals surface area contributed by atoms with Crippen molar-refractivity contribution < 1.29 is 24.3 Å². The van der Waals surface area contributed by atoms with E-state index in [9.17, 15) is 24.3 Å². The van der Waals surface area contributed by atoms with Crippen molar-refractivity contribution in [2.75, 3.05) is 13.1 Å². The fraction of sp³-hybridized carbons (Fsp3) is 0.552. The summed E-state index contributed by atoms with van der Waals surface area (Å²) in [6.07, 6.45) is 4.59. The van der Waals surface area contributed by atoms with Gasteiger partial charge in [0.15, 0.2) is 5.96 Å². The number of para-hydroxylation sites is 1. The van der Waals surface area contributed by atoms with E-state index in [1.807, 2.05) is 31.2 Å². The number of H-pyrrole nitrogens is 1. The second kappa shape index (κ2) is 17.7. The first kappa shape index (κ1) is 35.0. The lowest BCUT2D eigenvalue weighted by Crippen LogP contribution is -2.58. The third-order valence-corrected chi connectivity index (χ3v) is 7.39. The van der Waals surface area contributed by atoms with Gasteiger partial charge in [-0.25, -0.2) is 4.79 Å². The molecule has 0 aliphatic heterocycles. The van der Waals surface area contributed by atoms with Crippen molar-refractivity contribution in [3.05, 3.63) is 36.0 Å². The molecular weight excluding hydrogens is 554 g/mol. The van der Waals surface area contributed by atoms with Gasteiger partial charge >= 0.3 is 5.97 Å². The number of nitrogens with zero attached hydrogens (tertiary/aromatic N) is 1. The molecule has 2 aromatic rings. The monoisotopic (exact) mass is 601 g/mol. The van der Waals surface area contributed by atoms with Crippen LogP contribution in [0.15, 0.2) is 35.5 Å². The van der Waals surface area contributed by atoms with Gasteiger partial charge in [0.2, 0.25) is 17.7 Å². The molecule has 0 saturated heterocycles. The van der Waals surface area contributed by atoms with Gasteiger partial charge in [-0.05, 0) is 49.8 Å². The second-order valence-electron chi connectivity index (χ2n) is 10.7. The molecule has 0 spiro atoms. The first-order valence-corrected chi connectivity index (χ1v) is 14.7. The van der Waals surface area contributed by atoms with Crippen molar-refractivity contribution in [2.24, 2.45) is 33.8 Å². The van der Waals surface area contributed by atoms with Crippen molar-refractivity contribution in [1.29, 1.82) is 0 Å². The SMILES string of the molecule is CCC(C)C(NC(=O)C(CCCN=C(N)N)NC(=O)C(N)CCCCN)C(=O)NC(Cc1c[nH]c2ccccc12)C(=O)O. The summed E-state index contributed by atoms with van der Waals surface area (Å²) in [5.41, 5.74) is 23.9. The van der Waals surface area contributed by atoms with Crippen molar-refractivity contribution in [2.45, 2.75) is 83.0 Å². The lowest BCUT2D eigenvalue weighted by molar-refractivity contribution is -0.142. The zero-order valence-corrected chi connectivity index (χ0v) is 25.0. The molecule has 13 N–H and O–H groups in total. The number of guanidine groups is 1. The van der Waals surface area contributed by atoms with E-state index in [0.717, 1.165) is 16.5 Å². The smallest absolute Gasteiger partial charge is 0.326 e. The fourth-order valence-corrected chi connectivity index (χ4v) is 4.63. The number of carboxylic acids is 1. The summed E-state index contributed by atoms with van der Waals surface area (Å²) < 4.78 is 0. The Balaban J connectivity index is 2.19. The van der Waals surface area contributed by atoms with Crippen LogP contribution in [0.2, 0.25) is 0 Å². The Morgan fingerprint density at radius 3 is 2.30 bits per heavy atom. The van der Waals surface area contributed by atoms with Crippen molar-refractivity contribution >= 4 is 40.6 Å². The Bertz CT molecular complexity index is 1240. The van der Waals surface area contributed by atoms with Gasteiger partial charge in [0, 0.05) is 30.1 Å². The van der Waals surface area contributed by atoms with E-state index in [4.69, 9.17) is 22.9 Å². The molecule has 14 nitrogen and oxygen atoms in total. The highest BCUT2D eigenvalue weighted by Gasteiger charge is 2.33. The topological polar surface area (TPSA) is 257 Å². The number of rotatable bonds is 19. The summed E-state index contributed by atoms with van der Waals surface area (Å²) in [6.45, 7) is 4.34. The van der Waals surface area contributed by atoms with Crippen LogP contribution in [0.3, 0.4) is 0 Å². The largest absolute Gasteiger partial charge is 0.480 e. The molecule has 0 saturated carbocycles. The molecule has 1 aromatic heterocycles. The number of nitrogens with two attached hydrogens (primary N) is 4. The Labute approximate surface area is 251 Å². The summed E-state index contributed by atoms with van der Waals surface area (Å²) in [5.74, 6) is -3.39. The number of carboxylic acid groups (broad SMARTS) is 1. The number of aromatic amines is 1. The van der Waals surface area contributed by atoms with Gasteiger partial charge in [-0.3, -0.25) is 19.4 Å². The second-order valence-corrected chi connectivity index (χ2v) is 10.7. The van der Waals surface area contributed by atoms with Crippen LogP contribution in [0.5, 0.6) is 0 Å². The average molecular weight is 602 g/mol. The molecule has 0 aliphatic rings. The predicted molar refractivity (Wildman–Crippen MR) is 166 cm³/mol. The number of carbonyl (C=O) groups excluding carboxylic acids is 3. The van der Waals surface area contributed by atoms with E-state index in [1.165, 1.54) is 0 Å². The zero-order valence-electron chi connectivity index (χ0n) is 25.0. The van der Waals surface area contributed by atoms with E-state index in [1.54, 1.807) is 13.1 Å². The number of amides is 3. The molecule has 43 heavy (non-hydrogen) atoms. The van der Waals surface area contributed by atoms with E-state index in [0.29, 0.717) is 38.6 Å². The Morgan fingerprint density at radius 2 is 1.65 bits per heavy atom. The maximum atomic E-state index is 13.5. The molecule has 0 aliphatic carbocycles. The average Bonchev–Trinajstić information content (AvgIpc) is 3.38. The molecule has 1 heterocycles. The molecular formula is C29H47N9O5. The van der Waals surface area contributed by atoms with E-state index in [2.05, 4.69) is 25.9 Å². The Hall–Kier alpha value is -4.17. The van der Waals surface area contributed by atoms with Gasteiger partial charge in [0.1, 0.15) is 18.1 Å². The summed E-state index contributed by atoms with van der Waals surface area (Å²) >= 11 is 0. The van der Waals surface area contributed by atoms with Crippen LogP contribution >= 0.6 is 0 Å². The number of aliphatic imine (C=N–C) groups is 1. The fourth-order valence-electron chi connectivity index (χ4n) is 4.63. The molecule has 3 amide bonds. The molecule has 1 aromatic carbocycles. The van der Waals surface area contributed by atoms with Gasteiger partial charge in [-0.2, -0.15) is 0 Å². The Kier molecular flexibility index (Phi) is 14.4. The molecule has 5 unspecified atom stereocenters. The molecule has 2 rings (SSSR count). The van der Waals surface area contributed by atoms with Crippen LogP contribution in [0.25, 0.3) is 10.9 Å². The maximum absolute atomic E-state index is 13.5. The molecule has 0 radical (unpaired) electrons. The lowest BCUT2D eigenvalue weighted by Gasteiger charge is -2.28. The van der Waals surface area contributed by atoms with Crippen molar-refractivity contribution in [3.63, 3.8) is 0 Å². The maximum Gasteiger partial charge on any atom is 0.326 e. The summed E-state index contributed by atoms with van der Waals surface area (Å²) in [5, 5.41) is 18.8. The first-order valence-electron chi connectivity index (χ1n) is 14.7. The van der Waals surface area contributed by atoms with Crippen molar-refractivity contribution in [1.82, 2.24) is 20.9 Å². The minimum atomic E-state index is -1.24. The lowest BCUT2D eigenvalue weighted by atomic mass is 9.96. The first-order chi connectivity index (χ1) is 20.5. The number of hydrogen-bond acceptors (Lipinski definition) is 7. The number of aliphatic carboxylic acids is 1. The highest BCUT2D eigenvalue weighted by atomic mass is 16.4. The van der Waals surface area contributed by atoms with Gasteiger partial charge in [0.05, 0.1) is 6.04 Å². The van der Waals surface area contributed by atoms with Crippen LogP contribution in [0.1, 0.15) is 57.9 Å². The van der Waals surface area contributed by atoms with E-state index in [-0.39, 0.29) is 31.3 Å². The van der Waals surface area contributed by atoms with E-state index >= 15 is 0 Å². The quantitative estimate of drug-likeness (QED) is 0.0586. The molecule has 0 bridgehead atoms. The van der Waals surface area contributed by atoms with Crippen LogP contribution in [0.4, 0.5) is 0 Å². The molecule has 14 heteroatoms. The summed E-state index contributed by atoms with van der Waals surface area (Å²) in [4.78, 5) is 58.9. The highest BCUT2D eigenvalue weighted by molar-refractivity contribution is 5.94. The number of aromatic nitrogens is 1. The number of benzene rings is 1. The third-order valence-electron chi connectivity index (χ3n) is 7.39. The normalized spacial score (nSPS) is 14.6. The summed E-state index contributed by atoms with van der Waals surface area (Å²) in [7, 11) is 0. The van der Waals surface area contributed by atoms with Gasteiger partial charge in [0.25, 0.3) is 0 Å². The van der Waals surface area contributed by atoms with E-state index < -0.39 is 47.9 Å². The number of carbonyl (C=O) groups is 4. The third kappa shape index (κ3) is 11.2. The van der Waals surface area contributed by atoms with Crippen LogP contribution in [0, 0.1) is 5.92 Å². The molecule has 238 valence electrons. The highest BCUT2D eigenvalue weighted by Crippen LogP contribution is 2.19. The summed E-state index contributed by atoms with van der Waals surface area (Å²) in [6, 6.07) is 3.30. The van der Waals surface area contributed by atoms with Crippen LogP contribution in [-0.2, 0) is 25.6 Å². The molecule has 0 fully saturated rings. The number of nitrogens with one attached hydrogen (secondary N) is 4. The van der Waals surface area contributed by atoms with Gasteiger partial charge in [-0.15, -0.1) is 0 Å².